The lowest BCUT2D eigenvalue weighted by Gasteiger charge is -2.39. The number of anilines is 1. The van der Waals surface area contributed by atoms with E-state index in [1.54, 1.807) is 64.0 Å². The second-order valence-corrected chi connectivity index (χ2v) is 20.4. The summed E-state index contributed by atoms with van der Waals surface area (Å²) in [6.45, 7) is 15.6. The largest absolute Gasteiger partial charge is 0.497 e. The monoisotopic (exact) mass is 961 g/mol. The Balaban J connectivity index is 1.37. The van der Waals surface area contributed by atoms with E-state index in [4.69, 9.17) is 38.0 Å². The van der Waals surface area contributed by atoms with Crippen LogP contribution in [0.15, 0.2) is 90.2 Å². The van der Waals surface area contributed by atoms with E-state index >= 15 is 0 Å². The number of hydrogen-bond acceptors (Lipinski definition) is 14. The van der Waals surface area contributed by atoms with Gasteiger partial charge >= 0.3 is 0 Å². The van der Waals surface area contributed by atoms with Crippen molar-refractivity contribution >= 4 is 49.6 Å². The molecule has 2 amide bonds. The van der Waals surface area contributed by atoms with Gasteiger partial charge in [0.25, 0.3) is 8.53 Å². The van der Waals surface area contributed by atoms with Crippen molar-refractivity contribution in [2.75, 3.05) is 46.4 Å². The van der Waals surface area contributed by atoms with E-state index in [1.807, 2.05) is 93.0 Å². The van der Waals surface area contributed by atoms with Crippen molar-refractivity contribution in [3.05, 3.63) is 102 Å². The minimum absolute atomic E-state index is 0.0189. The second-order valence-electron chi connectivity index (χ2n) is 18.9. The van der Waals surface area contributed by atoms with Gasteiger partial charge in [-0.15, -0.1) is 0 Å². The first kappa shape index (κ1) is 51.0. The van der Waals surface area contributed by atoms with Gasteiger partial charge in [-0.25, -0.2) is 19.5 Å². The lowest BCUT2D eigenvalue weighted by Crippen LogP contribution is -2.39. The van der Waals surface area contributed by atoms with Gasteiger partial charge in [0.1, 0.15) is 29.4 Å². The Morgan fingerprint density at radius 2 is 1.45 bits per heavy atom. The number of hydrogen-bond donors (Lipinski definition) is 0. The number of amides is 2. The maximum atomic E-state index is 14.1. The van der Waals surface area contributed by atoms with Gasteiger partial charge in [0.05, 0.1) is 69.5 Å². The van der Waals surface area contributed by atoms with Gasteiger partial charge in [-0.1, -0.05) is 54.6 Å². The SMILES string of the molecule is COc1ccc(C(OC[C@H]2O[C@@H](n3cnc4c(/N=C/N(C)C)nc(N5C(=O)C(C)(C)C(C)(C)C5=O)nc43)C[C@@H]2OP(OCCC#N)N(C(C)C)C(C)C)(c2ccccc2)c2ccc(OC)cc2)cc1. The molecule has 0 aliphatic carbocycles. The predicted octanol–water partition coefficient (Wildman–Crippen LogP) is 8.95. The van der Waals surface area contributed by atoms with Crippen molar-refractivity contribution in [3.8, 4) is 17.6 Å². The lowest BCUT2D eigenvalue weighted by atomic mass is 9.70. The van der Waals surface area contributed by atoms with Crippen molar-refractivity contribution in [2.45, 2.75) is 104 Å². The highest BCUT2D eigenvalue weighted by Gasteiger charge is 2.60. The number of benzene rings is 3. The van der Waals surface area contributed by atoms with Gasteiger partial charge in [0.15, 0.2) is 17.0 Å². The van der Waals surface area contributed by atoms with E-state index in [2.05, 4.69) is 48.4 Å². The molecular weight excluding hydrogens is 898 g/mol. The average molecular weight is 962 g/mol. The summed E-state index contributed by atoms with van der Waals surface area (Å²) in [7, 11) is 5.17. The summed E-state index contributed by atoms with van der Waals surface area (Å²) in [5.74, 6) is 0.594. The topological polar surface area (TPSA) is 179 Å². The molecule has 4 atom stereocenters. The number of fused-ring (bicyclic) bond motifs is 1. The quantitative estimate of drug-likeness (QED) is 0.0180. The number of rotatable bonds is 20. The summed E-state index contributed by atoms with van der Waals surface area (Å²) in [4.78, 5) is 49.9. The third-order valence-electron chi connectivity index (χ3n) is 13.1. The molecule has 4 heterocycles. The molecule has 7 rings (SSSR count). The van der Waals surface area contributed by atoms with E-state index < -0.39 is 55.2 Å². The maximum Gasteiger partial charge on any atom is 0.259 e. The molecule has 2 aliphatic rings. The normalized spacial score (nSPS) is 19.6. The first-order valence-electron chi connectivity index (χ1n) is 23.1. The number of nitriles is 1. The van der Waals surface area contributed by atoms with E-state index in [1.165, 1.54) is 0 Å². The van der Waals surface area contributed by atoms with E-state index in [-0.39, 0.29) is 49.9 Å². The molecule has 0 N–H and O–H groups in total. The van der Waals surface area contributed by atoms with Crippen LogP contribution < -0.4 is 14.4 Å². The Morgan fingerprint density at radius 3 is 1.97 bits per heavy atom. The minimum Gasteiger partial charge on any atom is -0.497 e. The molecule has 0 radical (unpaired) electrons. The highest BCUT2D eigenvalue weighted by molar-refractivity contribution is 7.44. The van der Waals surface area contributed by atoms with Crippen molar-refractivity contribution in [1.29, 1.82) is 5.26 Å². The van der Waals surface area contributed by atoms with Crippen molar-refractivity contribution in [1.82, 2.24) is 29.1 Å². The molecule has 3 aromatic carbocycles. The smallest absolute Gasteiger partial charge is 0.259 e. The number of carbonyl (C=O) groups is 2. The van der Waals surface area contributed by atoms with Crippen LogP contribution in [-0.4, -0.2) is 113 Å². The minimum atomic E-state index is -1.74. The number of nitrogens with zero attached hydrogens (tertiary/aromatic N) is 9. The highest BCUT2D eigenvalue weighted by atomic mass is 31.2. The number of methoxy groups -OCH3 is 2. The predicted molar refractivity (Wildman–Crippen MR) is 264 cm³/mol. The molecule has 1 unspecified atom stereocenters. The van der Waals surface area contributed by atoms with Crippen LogP contribution in [0.1, 0.15) is 91.1 Å². The summed E-state index contributed by atoms with van der Waals surface area (Å²) in [5.41, 5.74) is -0.0717. The van der Waals surface area contributed by atoms with Gasteiger partial charge < -0.3 is 32.9 Å². The molecule has 0 bridgehead atoms. The standard InChI is InChI=1S/C51H64N9O8P/c1-33(2)60(34(3)4)69(66-28-16-27-52)68-40-29-42(58-32-53-43-44(54-31-57(9)10)55-48(56-45(43)58)59-46(61)49(5,6)50(7,8)47(59)62)67-41(40)30-65-51(35-17-14-13-15-18-35,36-19-23-38(63-11)24-20-36)37-21-25-39(64-12)26-22-37/h13-15,17-26,31-34,40-42H,16,28-30H2,1-12H3/b54-31+/t40-,41+,42+,69?/m0/s1. The molecule has 2 fully saturated rings. The molecule has 17 nitrogen and oxygen atoms in total. The summed E-state index contributed by atoms with van der Waals surface area (Å²) < 4.78 is 43.2. The molecular formula is C51H64N9O8P. The number of carbonyl (C=O) groups excluding carboxylic acids is 2. The number of aliphatic imine (C=N–C) groups is 1. The van der Waals surface area contributed by atoms with Crippen LogP contribution in [0.5, 0.6) is 11.5 Å². The molecule has 2 aromatic heterocycles. The number of ether oxygens (including phenoxy) is 4. The van der Waals surface area contributed by atoms with Gasteiger partial charge in [-0.3, -0.25) is 14.2 Å². The van der Waals surface area contributed by atoms with Crippen LogP contribution in [0.25, 0.3) is 11.2 Å². The molecule has 2 saturated heterocycles. The maximum absolute atomic E-state index is 14.1. The molecule has 5 aromatic rings. The van der Waals surface area contributed by atoms with Crippen LogP contribution in [0.4, 0.5) is 11.8 Å². The fourth-order valence-corrected chi connectivity index (χ4v) is 10.4. The Morgan fingerprint density at radius 1 is 0.884 bits per heavy atom. The van der Waals surface area contributed by atoms with E-state index in [0.29, 0.717) is 22.7 Å². The van der Waals surface area contributed by atoms with E-state index in [9.17, 15) is 14.9 Å². The average Bonchev–Trinajstić information content (AvgIpc) is 3.97. The molecule has 0 saturated carbocycles. The third-order valence-corrected chi connectivity index (χ3v) is 15.2. The number of aromatic nitrogens is 4. The van der Waals surface area contributed by atoms with Gasteiger partial charge in [-0.05, 0) is 96.3 Å². The molecule has 18 heteroatoms. The molecule has 69 heavy (non-hydrogen) atoms. The number of imide groups is 1. The molecule has 2 aliphatic heterocycles. The Bertz CT molecular complexity index is 2570. The summed E-state index contributed by atoms with van der Waals surface area (Å²) in [5, 5.41) is 9.53. The Hall–Kier alpha value is -5.86. The third kappa shape index (κ3) is 9.97. The molecule has 366 valence electrons. The summed E-state index contributed by atoms with van der Waals surface area (Å²) in [6.07, 6.45) is 1.52. The lowest BCUT2D eigenvalue weighted by molar-refractivity contribution is -0.129. The van der Waals surface area contributed by atoms with Crippen LogP contribution in [0, 0.1) is 22.2 Å². The van der Waals surface area contributed by atoms with Crippen LogP contribution in [0.3, 0.4) is 0 Å². The molecule has 0 spiro atoms. The zero-order valence-electron chi connectivity index (χ0n) is 41.6. The Kier molecular flexibility index (Phi) is 15.5. The second kappa shape index (κ2) is 21.0. The Labute approximate surface area is 406 Å². The summed E-state index contributed by atoms with van der Waals surface area (Å²) >= 11 is 0. The van der Waals surface area contributed by atoms with Gasteiger partial charge in [-0.2, -0.15) is 15.2 Å². The van der Waals surface area contributed by atoms with E-state index in [0.717, 1.165) is 21.6 Å². The highest BCUT2D eigenvalue weighted by Crippen LogP contribution is 2.52. The zero-order chi connectivity index (χ0) is 49.8. The van der Waals surface area contributed by atoms with Crippen LogP contribution in [-0.2, 0) is 33.7 Å². The van der Waals surface area contributed by atoms with Crippen molar-refractivity contribution < 1.29 is 37.6 Å². The zero-order valence-corrected chi connectivity index (χ0v) is 42.5. The van der Waals surface area contributed by atoms with Crippen molar-refractivity contribution in [3.63, 3.8) is 0 Å². The van der Waals surface area contributed by atoms with Crippen molar-refractivity contribution in [2.24, 2.45) is 15.8 Å². The first-order valence-corrected chi connectivity index (χ1v) is 24.3. The van der Waals surface area contributed by atoms with Crippen LogP contribution in [0.2, 0.25) is 0 Å². The fourth-order valence-electron chi connectivity index (χ4n) is 8.65. The first-order chi connectivity index (χ1) is 32.9. The number of imidazole rings is 1. The van der Waals surface area contributed by atoms with Gasteiger partial charge in [0, 0.05) is 32.6 Å². The van der Waals surface area contributed by atoms with Gasteiger partial charge in [0.2, 0.25) is 17.8 Å². The fraction of sp³-hybridized carbons (Fsp3) is 0.471. The van der Waals surface area contributed by atoms with Crippen LogP contribution >= 0.6 is 8.53 Å². The summed E-state index contributed by atoms with van der Waals surface area (Å²) in [6, 6.07) is 27.9.